The van der Waals surface area contributed by atoms with Crippen LogP contribution >= 0.6 is 0 Å². The predicted octanol–water partition coefficient (Wildman–Crippen LogP) is 4.05. The number of esters is 1. The van der Waals surface area contributed by atoms with Gasteiger partial charge in [0.1, 0.15) is 24.8 Å². The van der Waals surface area contributed by atoms with Crippen LogP contribution in [0.3, 0.4) is 0 Å². The molecule has 1 saturated heterocycles. The van der Waals surface area contributed by atoms with Crippen LogP contribution in [0.15, 0.2) is 48.8 Å². The monoisotopic (exact) mass is 558 g/mol. The third-order valence-corrected chi connectivity index (χ3v) is 8.26. The highest BCUT2D eigenvalue weighted by molar-refractivity contribution is 5.97. The Kier molecular flexibility index (Phi) is 7.71. The van der Waals surface area contributed by atoms with E-state index in [0.29, 0.717) is 11.8 Å². The summed E-state index contributed by atoms with van der Waals surface area (Å²) in [6.45, 7) is -0.110. The van der Waals surface area contributed by atoms with Gasteiger partial charge in [0, 0.05) is 29.8 Å². The van der Waals surface area contributed by atoms with Gasteiger partial charge in [-0.1, -0.05) is 31.0 Å². The van der Waals surface area contributed by atoms with Gasteiger partial charge < -0.3 is 24.4 Å². The fourth-order valence-electron chi connectivity index (χ4n) is 6.06. The van der Waals surface area contributed by atoms with E-state index in [9.17, 15) is 14.4 Å². The molecule has 1 saturated carbocycles. The fraction of sp³-hybridized carbons (Fsp3) is 0.452. The van der Waals surface area contributed by atoms with Crippen molar-refractivity contribution in [1.82, 2.24) is 20.2 Å². The van der Waals surface area contributed by atoms with Crippen LogP contribution < -0.4 is 10.1 Å². The summed E-state index contributed by atoms with van der Waals surface area (Å²) in [6.07, 6.45) is 8.21. The van der Waals surface area contributed by atoms with E-state index in [1.807, 2.05) is 30.3 Å². The molecule has 2 bridgehead atoms. The molecule has 1 aromatic carbocycles. The predicted molar refractivity (Wildman–Crippen MR) is 150 cm³/mol. The molecule has 0 spiro atoms. The summed E-state index contributed by atoms with van der Waals surface area (Å²) in [6, 6.07) is 11.2. The van der Waals surface area contributed by atoms with Crippen molar-refractivity contribution in [2.24, 2.45) is 5.92 Å². The van der Waals surface area contributed by atoms with Crippen molar-refractivity contribution in [3.63, 3.8) is 0 Å². The highest BCUT2D eigenvalue weighted by atomic mass is 16.6. The van der Waals surface area contributed by atoms with Crippen molar-refractivity contribution < 1.29 is 28.6 Å². The summed E-state index contributed by atoms with van der Waals surface area (Å²) in [5, 5.41) is 3.59. The topological polar surface area (TPSA) is 120 Å². The average Bonchev–Trinajstić information content (AvgIpc) is 3.58. The van der Waals surface area contributed by atoms with Crippen LogP contribution in [0, 0.1) is 5.92 Å². The van der Waals surface area contributed by atoms with Crippen LogP contribution in [0.2, 0.25) is 0 Å². The lowest BCUT2D eigenvalue weighted by atomic mass is 9.93. The Bertz CT molecular complexity index is 1450. The van der Waals surface area contributed by atoms with Crippen LogP contribution in [0.1, 0.15) is 44.1 Å². The Morgan fingerprint density at radius 1 is 1.05 bits per heavy atom. The second-order valence-electron chi connectivity index (χ2n) is 11.0. The molecule has 0 radical (unpaired) electrons. The number of methoxy groups -OCH3 is 1. The SMILES string of the molecule is COC(=O)C1CC2CN1C(=O)CNC(=O)OC1CC1CCCCCc1c(nc3ccccc3c1-c1ccncc1)O2. The third-order valence-electron chi connectivity index (χ3n) is 8.26. The maximum Gasteiger partial charge on any atom is 0.407 e. The lowest BCUT2D eigenvalue weighted by Gasteiger charge is -2.23. The highest BCUT2D eigenvalue weighted by Gasteiger charge is 2.43. The number of benzene rings is 1. The molecule has 4 unspecified atom stereocenters. The molecule has 2 aliphatic heterocycles. The summed E-state index contributed by atoms with van der Waals surface area (Å²) < 4.78 is 17.1. The quantitative estimate of drug-likeness (QED) is 0.468. The Hall–Kier alpha value is -4.21. The van der Waals surface area contributed by atoms with Gasteiger partial charge in [0.05, 0.1) is 19.2 Å². The third kappa shape index (κ3) is 5.82. The summed E-state index contributed by atoms with van der Waals surface area (Å²) >= 11 is 0. The molecule has 6 rings (SSSR count). The number of nitrogens with zero attached hydrogens (tertiary/aromatic N) is 3. The number of amides is 2. The van der Waals surface area contributed by atoms with Gasteiger partial charge >= 0.3 is 12.1 Å². The minimum atomic E-state index is -0.825. The van der Waals surface area contributed by atoms with E-state index < -0.39 is 30.1 Å². The number of fused-ring (bicyclic) bond motifs is 5. The van der Waals surface area contributed by atoms with Gasteiger partial charge in [0.25, 0.3) is 0 Å². The first-order valence-corrected chi connectivity index (χ1v) is 14.3. The van der Waals surface area contributed by atoms with Gasteiger partial charge in [-0.15, -0.1) is 0 Å². The molecular formula is C31H34N4O6. The molecule has 3 aromatic rings. The van der Waals surface area contributed by atoms with E-state index in [1.54, 1.807) is 12.4 Å². The molecule has 4 heterocycles. The minimum absolute atomic E-state index is 0.106. The molecule has 1 aliphatic carbocycles. The normalized spacial score (nSPS) is 25.0. The first-order valence-electron chi connectivity index (χ1n) is 14.3. The van der Waals surface area contributed by atoms with Crippen LogP contribution in [0.4, 0.5) is 4.79 Å². The standard InChI is InChI=1S/C31H34N4O6/c1-39-30(37)25-16-21-18-35(25)27(36)17-33-31(38)41-26-15-20(26)7-3-2-4-9-23-28(19-11-13-32-14-12-19)22-8-5-6-10-24(22)34-29(23)40-21/h5-6,8,10-14,20-21,25-26H,2-4,7,9,15-18H2,1H3,(H,33,38). The molecule has 2 aromatic heterocycles. The number of hydrogen-bond donors (Lipinski definition) is 1. The summed E-state index contributed by atoms with van der Waals surface area (Å²) in [5.41, 5.74) is 3.91. The van der Waals surface area contributed by atoms with Crippen LogP contribution in [0.5, 0.6) is 5.88 Å². The van der Waals surface area contributed by atoms with Crippen LogP contribution in [0.25, 0.3) is 22.0 Å². The first kappa shape index (κ1) is 27.0. The Morgan fingerprint density at radius 2 is 1.88 bits per heavy atom. The lowest BCUT2D eigenvalue weighted by Crippen LogP contribution is -2.46. The van der Waals surface area contributed by atoms with Crippen molar-refractivity contribution in [2.75, 3.05) is 20.2 Å². The van der Waals surface area contributed by atoms with Crippen LogP contribution in [-0.4, -0.2) is 71.3 Å². The number of hydrogen-bond acceptors (Lipinski definition) is 8. The number of para-hydroxylation sites is 1. The zero-order chi connectivity index (χ0) is 28.3. The molecule has 10 heteroatoms. The highest BCUT2D eigenvalue weighted by Crippen LogP contribution is 2.40. The lowest BCUT2D eigenvalue weighted by molar-refractivity contribution is -0.150. The first-order chi connectivity index (χ1) is 20.0. The molecule has 1 N–H and O–H groups in total. The van der Waals surface area contributed by atoms with E-state index in [2.05, 4.69) is 16.4 Å². The smallest absolute Gasteiger partial charge is 0.407 e. The second kappa shape index (κ2) is 11.7. The maximum atomic E-state index is 13.2. The molecule has 4 atom stereocenters. The fourth-order valence-corrected chi connectivity index (χ4v) is 6.06. The van der Waals surface area contributed by atoms with E-state index >= 15 is 0 Å². The van der Waals surface area contributed by atoms with Crippen molar-refractivity contribution in [2.45, 2.75) is 63.2 Å². The number of alkyl carbamates (subject to hydrolysis) is 1. The number of rotatable bonds is 2. The second-order valence-corrected chi connectivity index (χ2v) is 11.0. The molecule has 3 aliphatic rings. The average molecular weight is 559 g/mol. The summed E-state index contributed by atoms with van der Waals surface area (Å²) in [7, 11) is 1.30. The molecule has 10 nitrogen and oxygen atoms in total. The largest absolute Gasteiger partial charge is 0.472 e. The molecule has 41 heavy (non-hydrogen) atoms. The number of aromatic nitrogens is 2. The number of nitrogens with one attached hydrogen (secondary N) is 1. The molecular weight excluding hydrogens is 524 g/mol. The van der Waals surface area contributed by atoms with Gasteiger partial charge in [-0.3, -0.25) is 9.78 Å². The van der Waals surface area contributed by atoms with Gasteiger partial charge in [0.2, 0.25) is 11.8 Å². The Labute approximate surface area is 238 Å². The maximum absolute atomic E-state index is 13.2. The number of carbonyl (C=O) groups is 3. The Balaban J connectivity index is 1.38. The minimum Gasteiger partial charge on any atom is -0.472 e. The zero-order valence-electron chi connectivity index (χ0n) is 23.1. The van der Waals surface area contributed by atoms with E-state index in [0.717, 1.165) is 66.1 Å². The van der Waals surface area contributed by atoms with Crippen molar-refractivity contribution in [1.29, 1.82) is 0 Å². The van der Waals surface area contributed by atoms with Crippen molar-refractivity contribution >= 4 is 28.9 Å². The van der Waals surface area contributed by atoms with E-state index in [4.69, 9.17) is 19.2 Å². The number of ether oxygens (including phenoxy) is 3. The van der Waals surface area contributed by atoms with Gasteiger partial charge in [0.15, 0.2) is 0 Å². The van der Waals surface area contributed by atoms with Gasteiger partial charge in [-0.2, -0.15) is 0 Å². The summed E-state index contributed by atoms with van der Waals surface area (Å²) in [5.74, 6) is -0.0560. The zero-order valence-corrected chi connectivity index (χ0v) is 23.1. The number of carbonyl (C=O) groups excluding carboxylic acids is 3. The van der Waals surface area contributed by atoms with E-state index in [-0.39, 0.29) is 25.6 Å². The molecule has 214 valence electrons. The Morgan fingerprint density at radius 3 is 2.71 bits per heavy atom. The number of pyridine rings is 2. The van der Waals surface area contributed by atoms with Gasteiger partial charge in [-0.05, 0) is 60.9 Å². The van der Waals surface area contributed by atoms with Gasteiger partial charge in [-0.25, -0.2) is 14.6 Å². The van der Waals surface area contributed by atoms with E-state index in [1.165, 1.54) is 12.0 Å². The van der Waals surface area contributed by atoms with Crippen molar-refractivity contribution in [3.8, 4) is 17.0 Å². The summed E-state index contributed by atoms with van der Waals surface area (Å²) in [4.78, 5) is 48.7. The molecule has 2 amide bonds. The van der Waals surface area contributed by atoms with Crippen LogP contribution in [-0.2, 0) is 25.5 Å². The van der Waals surface area contributed by atoms with Crippen molar-refractivity contribution in [3.05, 3.63) is 54.4 Å². The molecule has 2 fully saturated rings.